The molecule has 1 nitrogen and oxygen atoms in total. The van der Waals surface area contributed by atoms with Crippen molar-refractivity contribution in [3.8, 4) is 22.3 Å². The molecule has 0 bridgehead atoms. The lowest BCUT2D eigenvalue weighted by molar-refractivity contribution is 1.53. The molecular formula is C38H31N. The summed E-state index contributed by atoms with van der Waals surface area (Å²) >= 11 is 0. The average molecular weight is 502 g/mol. The summed E-state index contributed by atoms with van der Waals surface area (Å²) in [7, 11) is 0. The molecule has 1 heteroatoms. The van der Waals surface area contributed by atoms with Gasteiger partial charge in [0.15, 0.2) is 0 Å². The molecule has 0 saturated carbocycles. The third-order valence-corrected chi connectivity index (χ3v) is 6.67. The number of allylic oxidation sites excluding steroid dienone is 5. The smallest absolute Gasteiger partial charge is 0.0384 e. The summed E-state index contributed by atoms with van der Waals surface area (Å²) in [4.78, 5) is 0. The molecule has 39 heavy (non-hydrogen) atoms. The number of nitrogens with one attached hydrogen (secondary N) is 1. The van der Waals surface area contributed by atoms with Crippen LogP contribution in [0.15, 0.2) is 170 Å². The Morgan fingerprint density at radius 1 is 0.513 bits per heavy atom. The molecule has 0 aliphatic rings. The fraction of sp³-hybridized carbons (Fsp3) is 0. The van der Waals surface area contributed by atoms with E-state index in [-0.39, 0.29) is 0 Å². The maximum Gasteiger partial charge on any atom is 0.0384 e. The predicted octanol–water partition coefficient (Wildman–Crippen LogP) is 10.6. The molecule has 5 rings (SSSR count). The van der Waals surface area contributed by atoms with Crippen LogP contribution in [0.25, 0.3) is 33.9 Å². The quantitative estimate of drug-likeness (QED) is 0.198. The molecule has 0 aliphatic heterocycles. The second-order valence-electron chi connectivity index (χ2n) is 9.25. The summed E-state index contributed by atoms with van der Waals surface area (Å²) in [5, 5.41) is 3.51. The third kappa shape index (κ3) is 6.41. The third-order valence-electron chi connectivity index (χ3n) is 6.67. The molecular weight excluding hydrogens is 470 g/mol. The molecule has 0 heterocycles. The van der Waals surface area contributed by atoms with Crippen LogP contribution in [0.3, 0.4) is 0 Å². The molecule has 0 amide bonds. The summed E-state index contributed by atoms with van der Waals surface area (Å²) in [6, 6.07) is 46.5. The summed E-state index contributed by atoms with van der Waals surface area (Å²) in [6.45, 7) is 7.90. The minimum atomic E-state index is 1.01. The van der Waals surface area contributed by atoms with E-state index >= 15 is 0 Å². The number of hydrogen-bond donors (Lipinski definition) is 1. The maximum absolute atomic E-state index is 3.95. The molecule has 0 unspecified atom stereocenters. The summed E-state index contributed by atoms with van der Waals surface area (Å²) in [5.41, 5.74) is 11.3. The highest BCUT2D eigenvalue weighted by Crippen LogP contribution is 2.28. The van der Waals surface area contributed by atoms with Gasteiger partial charge >= 0.3 is 0 Å². The maximum atomic E-state index is 3.95. The fourth-order valence-electron chi connectivity index (χ4n) is 4.56. The van der Waals surface area contributed by atoms with E-state index < -0.39 is 0 Å². The zero-order chi connectivity index (χ0) is 26.9. The van der Waals surface area contributed by atoms with Crippen LogP contribution in [0, 0.1) is 0 Å². The first kappa shape index (κ1) is 25.5. The van der Waals surface area contributed by atoms with Crippen molar-refractivity contribution in [2.24, 2.45) is 0 Å². The summed E-state index contributed by atoms with van der Waals surface area (Å²) in [5.74, 6) is 0. The van der Waals surface area contributed by atoms with Gasteiger partial charge in [-0.15, -0.1) is 0 Å². The SMILES string of the molecule is C=CC(C=C)=C(/C=C/c1ccc(Nc2ccc(-c3cccc(-c4ccccc4)c3)cc2)cc1)c1ccccc1. The molecule has 0 fully saturated rings. The summed E-state index contributed by atoms with van der Waals surface area (Å²) < 4.78 is 0. The van der Waals surface area contributed by atoms with E-state index in [9.17, 15) is 0 Å². The van der Waals surface area contributed by atoms with Gasteiger partial charge in [-0.1, -0.05) is 141 Å². The van der Waals surface area contributed by atoms with Crippen molar-refractivity contribution >= 4 is 23.0 Å². The molecule has 0 aliphatic carbocycles. The minimum absolute atomic E-state index is 1.01. The lowest BCUT2D eigenvalue weighted by Gasteiger charge is -2.10. The van der Waals surface area contributed by atoms with Crippen molar-refractivity contribution in [3.05, 3.63) is 182 Å². The molecule has 1 N–H and O–H groups in total. The largest absolute Gasteiger partial charge is 0.356 e. The van der Waals surface area contributed by atoms with Crippen LogP contribution in [0.4, 0.5) is 11.4 Å². The monoisotopic (exact) mass is 501 g/mol. The van der Waals surface area contributed by atoms with Gasteiger partial charge in [0.05, 0.1) is 0 Å². The number of hydrogen-bond acceptors (Lipinski definition) is 1. The molecule has 0 aromatic heterocycles. The van der Waals surface area contributed by atoms with E-state index in [0.717, 1.165) is 33.6 Å². The van der Waals surface area contributed by atoms with Crippen molar-refractivity contribution in [1.29, 1.82) is 0 Å². The lowest BCUT2D eigenvalue weighted by Crippen LogP contribution is -1.90. The highest BCUT2D eigenvalue weighted by molar-refractivity contribution is 5.84. The molecule has 5 aromatic carbocycles. The van der Waals surface area contributed by atoms with E-state index in [4.69, 9.17) is 0 Å². The van der Waals surface area contributed by atoms with Crippen LogP contribution < -0.4 is 5.32 Å². The first-order chi connectivity index (χ1) is 19.2. The van der Waals surface area contributed by atoms with E-state index in [1.165, 1.54) is 22.3 Å². The molecule has 0 radical (unpaired) electrons. The van der Waals surface area contributed by atoms with Crippen molar-refractivity contribution in [3.63, 3.8) is 0 Å². The number of anilines is 2. The lowest BCUT2D eigenvalue weighted by atomic mass is 9.98. The van der Waals surface area contributed by atoms with Gasteiger partial charge in [-0.05, 0) is 74.9 Å². The summed E-state index contributed by atoms with van der Waals surface area (Å²) in [6.07, 6.45) is 7.94. The molecule has 0 spiro atoms. The van der Waals surface area contributed by atoms with Crippen LogP contribution in [0.1, 0.15) is 11.1 Å². The van der Waals surface area contributed by atoms with Crippen LogP contribution in [-0.2, 0) is 0 Å². The fourth-order valence-corrected chi connectivity index (χ4v) is 4.56. The van der Waals surface area contributed by atoms with Gasteiger partial charge < -0.3 is 5.32 Å². The highest BCUT2D eigenvalue weighted by Gasteiger charge is 2.04. The van der Waals surface area contributed by atoms with Gasteiger partial charge in [0.2, 0.25) is 0 Å². The van der Waals surface area contributed by atoms with Crippen molar-refractivity contribution in [2.45, 2.75) is 0 Å². The normalized spacial score (nSPS) is 10.7. The zero-order valence-electron chi connectivity index (χ0n) is 21.9. The second-order valence-corrected chi connectivity index (χ2v) is 9.25. The molecule has 5 aromatic rings. The minimum Gasteiger partial charge on any atom is -0.356 e. The Balaban J connectivity index is 1.28. The van der Waals surface area contributed by atoms with Crippen LogP contribution >= 0.6 is 0 Å². The predicted molar refractivity (Wildman–Crippen MR) is 170 cm³/mol. The Labute approximate surface area is 231 Å². The van der Waals surface area contributed by atoms with Gasteiger partial charge in [0, 0.05) is 11.4 Å². The Kier molecular flexibility index (Phi) is 8.11. The van der Waals surface area contributed by atoms with Gasteiger partial charge in [-0.3, -0.25) is 0 Å². The topological polar surface area (TPSA) is 12.0 Å². The highest BCUT2D eigenvalue weighted by atomic mass is 14.9. The number of benzene rings is 5. The first-order valence-electron chi connectivity index (χ1n) is 13.1. The number of rotatable bonds is 9. The van der Waals surface area contributed by atoms with Gasteiger partial charge in [0.1, 0.15) is 0 Å². The van der Waals surface area contributed by atoms with E-state index in [1.807, 2.05) is 36.4 Å². The Hall–Kier alpha value is -5.14. The zero-order valence-corrected chi connectivity index (χ0v) is 21.9. The molecule has 0 saturated heterocycles. The van der Waals surface area contributed by atoms with Crippen LogP contribution in [0.5, 0.6) is 0 Å². The molecule has 0 atom stereocenters. The van der Waals surface area contributed by atoms with Crippen LogP contribution in [0.2, 0.25) is 0 Å². The Morgan fingerprint density at radius 2 is 1.03 bits per heavy atom. The van der Waals surface area contributed by atoms with Crippen molar-refractivity contribution in [2.75, 3.05) is 5.32 Å². The average Bonchev–Trinajstić information content (AvgIpc) is 3.01. The van der Waals surface area contributed by atoms with Crippen molar-refractivity contribution in [1.82, 2.24) is 0 Å². The Bertz CT molecular complexity index is 1590. The second kappa shape index (κ2) is 12.4. The van der Waals surface area contributed by atoms with Gasteiger partial charge in [-0.25, -0.2) is 0 Å². The van der Waals surface area contributed by atoms with E-state index in [1.54, 1.807) is 0 Å². The standard InChI is InChI=1S/C38H31N/c1-3-30(4-2)38(33-14-9-6-10-15-33)27-20-29-18-23-36(24-19-29)39-37-25-21-32(22-26-37)35-17-11-16-34(28-35)31-12-7-5-8-13-31/h3-28,39H,1-2H2/b27-20+. The van der Waals surface area contributed by atoms with Gasteiger partial charge in [-0.2, -0.15) is 0 Å². The molecule has 188 valence electrons. The Morgan fingerprint density at radius 3 is 1.62 bits per heavy atom. The van der Waals surface area contributed by atoms with Crippen LogP contribution in [-0.4, -0.2) is 0 Å². The van der Waals surface area contributed by atoms with Gasteiger partial charge in [0.25, 0.3) is 0 Å². The first-order valence-corrected chi connectivity index (χ1v) is 13.1. The van der Waals surface area contributed by atoms with Crippen molar-refractivity contribution < 1.29 is 0 Å². The van der Waals surface area contributed by atoms with E-state index in [0.29, 0.717) is 0 Å². The van der Waals surface area contributed by atoms with E-state index in [2.05, 4.69) is 140 Å².